The number of nitrogens with zero attached hydrogens (tertiary/aromatic N) is 2. The monoisotopic (exact) mass is 613 g/mol. The fourth-order valence-electron chi connectivity index (χ4n) is 4.17. The summed E-state index contributed by atoms with van der Waals surface area (Å²) in [5, 5.41) is 2.85. The van der Waals surface area contributed by atoms with Crippen molar-refractivity contribution < 1.29 is 18.0 Å². The Labute approximate surface area is 240 Å². The molecule has 0 heterocycles. The van der Waals surface area contributed by atoms with E-state index in [1.54, 1.807) is 43.3 Å². The maximum Gasteiger partial charge on any atom is 0.264 e. The first kappa shape index (κ1) is 30.4. The van der Waals surface area contributed by atoms with Gasteiger partial charge in [0.2, 0.25) is 11.8 Å². The largest absolute Gasteiger partial charge is 0.354 e. The molecule has 0 fully saturated rings. The van der Waals surface area contributed by atoms with Crippen LogP contribution in [0.5, 0.6) is 0 Å². The molecule has 3 aromatic rings. The molecule has 2 amide bonds. The lowest BCUT2D eigenvalue weighted by molar-refractivity contribution is -0.139. The van der Waals surface area contributed by atoms with Gasteiger partial charge in [0.05, 0.1) is 10.6 Å². The predicted molar refractivity (Wildman–Crippen MR) is 159 cm³/mol. The van der Waals surface area contributed by atoms with Gasteiger partial charge in [-0.05, 0) is 81.1 Å². The summed E-state index contributed by atoms with van der Waals surface area (Å²) >= 11 is 3.46. The molecule has 0 spiro atoms. The van der Waals surface area contributed by atoms with E-state index in [-0.39, 0.29) is 17.3 Å². The van der Waals surface area contributed by atoms with Gasteiger partial charge in [-0.2, -0.15) is 0 Å². The molecule has 1 N–H and O–H groups in total. The topological polar surface area (TPSA) is 86.8 Å². The second-order valence-electron chi connectivity index (χ2n) is 9.66. The van der Waals surface area contributed by atoms with Crippen molar-refractivity contribution in [1.82, 2.24) is 10.2 Å². The van der Waals surface area contributed by atoms with Crippen LogP contribution >= 0.6 is 15.9 Å². The van der Waals surface area contributed by atoms with Crippen molar-refractivity contribution in [3.05, 3.63) is 93.5 Å². The molecule has 7 nitrogen and oxygen atoms in total. The number of carbonyl (C=O) groups excluding carboxylic acids is 2. The van der Waals surface area contributed by atoms with Gasteiger partial charge in [0, 0.05) is 17.6 Å². The number of carbonyl (C=O) groups is 2. The van der Waals surface area contributed by atoms with Crippen LogP contribution in [0.1, 0.15) is 42.5 Å². The fourth-order valence-corrected chi connectivity index (χ4v) is 6.09. The number of aryl methyl sites for hydroxylation is 2. The van der Waals surface area contributed by atoms with E-state index < -0.39 is 28.5 Å². The zero-order valence-electron chi connectivity index (χ0n) is 23.1. The maximum absolute atomic E-state index is 14.0. The Morgan fingerprint density at radius 1 is 0.974 bits per heavy atom. The molecule has 0 saturated carbocycles. The zero-order valence-corrected chi connectivity index (χ0v) is 25.5. The van der Waals surface area contributed by atoms with Crippen LogP contribution in [0, 0.1) is 20.8 Å². The summed E-state index contributed by atoms with van der Waals surface area (Å²) in [4.78, 5) is 28.5. The van der Waals surface area contributed by atoms with Gasteiger partial charge >= 0.3 is 0 Å². The van der Waals surface area contributed by atoms with Crippen molar-refractivity contribution in [3.63, 3.8) is 0 Å². The van der Waals surface area contributed by atoms with Gasteiger partial charge in [0.25, 0.3) is 10.0 Å². The van der Waals surface area contributed by atoms with E-state index >= 15 is 0 Å². The van der Waals surface area contributed by atoms with Crippen LogP contribution in [-0.4, -0.2) is 44.3 Å². The number of benzene rings is 3. The minimum absolute atomic E-state index is 0.0917. The first-order valence-corrected chi connectivity index (χ1v) is 15.2. The summed E-state index contributed by atoms with van der Waals surface area (Å²) in [6.45, 7) is 9.41. The Morgan fingerprint density at radius 3 is 2.28 bits per heavy atom. The van der Waals surface area contributed by atoms with E-state index in [1.807, 2.05) is 58.0 Å². The van der Waals surface area contributed by atoms with Gasteiger partial charge in [-0.1, -0.05) is 64.8 Å². The van der Waals surface area contributed by atoms with E-state index in [4.69, 9.17) is 0 Å². The van der Waals surface area contributed by atoms with Crippen LogP contribution in [0.25, 0.3) is 0 Å². The molecule has 0 saturated heterocycles. The number of halogens is 1. The van der Waals surface area contributed by atoms with Crippen LogP contribution in [-0.2, 0) is 26.2 Å². The molecule has 0 radical (unpaired) electrons. The van der Waals surface area contributed by atoms with Crippen molar-refractivity contribution in [2.75, 3.05) is 17.4 Å². The SMILES string of the molecule is CCCNC(=O)[C@@H](C)N(Cc1cccc(Br)c1)C(=O)CN(c1cccc(C)c1C)S(=O)(=O)c1ccc(C)cc1. The summed E-state index contributed by atoms with van der Waals surface area (Å²) < 4.78 is 30.0. The van der Waals surface area contributed by atoms with Crippen molar-refractivity contribution in [1.29, 1.82) is 0 Å². The fraction of sp³-hybridized carbons (Fsp3) is 0.333. The Morgan fingerprint density at radius 2 is 1.64 bits per heavy atom. The Hall–Kier alpha value is -3.17. The molecule has 1 atom stereocenters. The zero-order chi connectivity index (χ0) is 28.7. The van der Waals surface area contributed by atoms with Crippen molar-refractivity contribution in [2.24, 2.45) is 0 Å². The van der Waals surface area contributed by atoms with Gasteiger partial charge in [-0.15, -0.1) is 0 Å². The smallest absolute Gasteiger partial charge is 0.264 e. The third kappa shape index (κ3) is 7.48. The quantitative estimate of drug-likeness (QED) is 0.309. The number of rotatable bonds is 11. The molecule has 0 unspecified atom stereocenters. The molecule has 3 aromatic carbocycles. The number of anilines is 1. The number of nitrogens with one attached hydrogen (secondary N) is 1. The van der Waals surface area contributed by atoms with E-state index in [1.165, 1.54) is 4.90 Å². The van der Waals surface area contributed by atoms with Gasteiger partial charge in [-0.3, -0.25) is 13.9 Å². The Kier molecular flexibility index (Phi) is 10.3. The first-order chi connectivity index (χ1) is 18.4. The molecular formula is C30H36BrN3O4S. The number of hydrogen-bond donors (Lipinski definition) is 1. The molecule has 0 aliphatic rings. The summed E-state index contributed by atoms with van der Waals surface area (Å²) in [5.41, 5.74) is 3.83. The minimum atomic E-state index is -4.10. The summed E-state index contributed by atoms with van der Waals surface area (Å²) in [5.74, 6) is -0.773. The average Bonchev–Trinajstić information content (AvgIpc) is 2.90. The number of hydrogen-bond acceptors (Lipinski definition) is 4. The van der Waals surface area contributed by atoms with Gasteiger partial charge in [0.15, 0.2) is 0 Å². The molecule has 0 aliphatic carbocycles. The number of amides is 2. The normalized spacial score (nSPS) is 12.1. The van der Waals surface area contributed by atoms with Crippen LogP contribution in [0.2, 0.25) is 0 Å². The van der Waals surface area contributed by atoms with Crippen LogP contribution in [0.4, 0.5) is 5.69 Å². The molecule has 0 aliphatic heterocycles. The van der Waals surface area contributed by atoms with Crippen molar-refractivity contribution in [2.45, 2.75) is 58.5 Å². The van der Waals surface area contributed by atoms with E-state index in [0.29, 0.717) is 12.2 Å². The van der Waals surface area contributed by atoms with E-state index in [0.717, 1.165) is 37.5 Å². The third-order valence-electron chi connectivity index (χ3n) is 6.69. The molecule has 208 valence electrons. The highest BCUT2D eigenvalue weighted by molar-refractivity contribution is 9.10. The van der Waals surface area contributed by atoms with Crippen LogP contribution < -0.4 is 9.62 Å². The highest BCUT2D eigenvalue weighted by Gasteiger charge is 2.33. The second kappa shape index (κ2) is 13.3. The standard InChI is InChI=1S/C30H36BrN3O4S/c1-6-17-32-30(36)24(5)33(19-25-10-8-11-26(31)18-25)29(35)20-34(28-12-7-9-22(3)23(28)4)39(37,38)27-15-13-21(2)14-16-27/h7-16,18,24H,6,17,19-20H2,1-5H3,(H,32,36)/t24-/m1/s1. The highest BCUT2D eigenvalue weighted by Crippen LogP contribution is 2.29. The minimum Gasteiger partial charge on any atom is -0.354 e. The molecule has 0 bridgehead atoms. The third-order valence-corrected chi connectivity index (χ3v) is 8.96. The molecule has 39 heavy (non-hydrogen) atoms. The van der Waals surface area contributed by atoms with E-state index in [2.05, 4.69) is 21.2 Å². The van der Waals surface area contributed by atoms with Gasteiger partial charge in [-0.25, -0.2) is 8.42 Å². The highest BCUT2D eigenvalue weighted by atomic mass is 79.9. The Bertz CT molecular complexity index is 1420. The average molecular weight is 615 g/mol. The molecule has 9 heteroatoms. The van der Waals surface area contributed by atoms with Gasteiger partial charge in [0.1, 0.15) is 12.6 Å². The predicted octanol–water partition coefficient (Wildman–Crippen LogP) is 5.51. The molecular weight excluding hydrogens is 578 g/mol. The Balaban J connectivity index is 2.06. The van der Waals surface area contributed by atoms with Gasteiger partial charge < -0.3 is 10.2 Å². The lowest BCUT2D eigenvalue weighted by atomic mass is 10.1. The first-order valence-electron chi connectivity index (χ1n) is 12.9. The van der Waals surface area contributed by atoms with Crippen molar-refractivity contribution >= 4 is 43.5 Å². The lowest BCUT2D eigenvalue weighted by Crippen LogP contribution is -2.51. The van der Waals surface area contributed by atoms with Crippen LogP contribution in [0.3, 0.4) is 0 Å². The van der Waals surface area contributed by atoms with Crippen molar-refractivity contribution in [3.8, 4) is 0 Å². The molecule has 3 rings (SSSR count). The summed E-state index contributed by atoms with van der Waals surface area (Å²) in [6, 6.07) is 18.6. The summed E-state index contributed by atoms with van der Waals surface area (Å²) in [7, 11) is -4.10. The van der Waals surface area contributed by atoms with Crippen LogP contribution in [0.15, 0.2) is 76.1 Å². The second-order valence-corrected chi connectivity index (χ2v) is 12.4. The summed E-state index contributed by atoms with van der Waals surface area (Å²) in [6.07, 6.45) is 0.757. The van der Waals surface area contributed by atoms with E-state index in [9.17, 15) is 18.0 Å². The molecule has 0 aromatic heterocycles. The lowest BCUT2D eigenvalue weighted by Gasteiger charge is -2.32. The number of sulfonamides is 1. The maximum atomic E-state index is 14.0.